The van der Waals surface area contributed by atoms with Gasteiger partial charge in [0.1, 0.15) is 0 Å². The second-order valence-corrected chi connectivity index (χ2v) is 4.14. The van der Waals surface area contributed by atoms with E-state index < -0.39 is 0 Å². The van der Waals surface area contributed by atoms with E-state index in [0.29, 0.717) is 0 Å². The lowest BCUT2D eigenvalue weighted by Gasteiger charge is -2.07. The number of aryl methyl sites for hydroxylation is 1. The van der Waals surface area contributed by atoms with E-state index in [1.165, 1.54) is 11.3 Å². The summed E-state index contributed by atoms with van der Waals surface area (Å²) in [7, 11) is 0. The summed E-state index contributed by atoms with van der Waals surface area (Å²) in [6.45, 7) is 4.35. The van der Waals surface area contributed by atoms with Crippen LogP contribution in [-0.4, -0.2) is 0 Å². The molecule has 84 valence electrons. The zero-order chi connectivity index (χ0) is 11.5. The first-order chi connectivity index (χ1) is 7.77. The molecule has 3 N–H and O–H groups in total. The predicted molar refractivity (Wildman–Crippen MR) is 68.3 cm³/mol. The second-order valence-electron chi connectivity index (χ2n) is 4.14. The molecule has 0 fully saturated rings. The number of hydrogen-bond donors (Lipinski definition) is 1. The van der Waals surface area contributed by atoms with Crippen LogP contribution in [0.4, 0.5) is 5.69 Å². The van der Waals surface area contributed by atoms with Crippen LogP contribution in [0, 0.1) is 0 Å². The molecule has 2 nitrogen and oxygen atoms in total. The zero-order valence-electron chi connectivity index (χ0n) is 10.0. The van der Waals surface area contributed by atoms with Gasteiger partial charge in [-0.3, -0.25) is 0 Å². The maximum atomic E-state index is 6.24. The van der Waals surface area contributed by atoms with Crippen LogP contribution in [0.3, 0.4) is 0 Å². The highest BCUT2D eigenvalue weighted by Crippen LogP contribution is 2.24. The fourth-order valence-electron chi connectivity index (χ4n) is 2.26. The molecule has 0 aliphatic heterocycles. The van der Waals surface area contributed by atoms with E-state index in [4.69, 9.17) is 5.73 Å². The number of nitrogens with one attached hydrogen (secondary N) is 1. The third-order valence-electron chi connectivity index (χ3n) is 3.05. The third kappa shape index (κ3) is 1.75. The molecule has 0 radical (unpaired) electrons. The fraction of sp³-hybridized carbons (Fsp3) is 0.357. The molecule has 1 aromatic carbocycles. The molecular weight excluding hydrogens is 196 g/mol. The molecule has 0 aliphatic carbocycles. The minimum atomic E-state index is 0.945. The van der Waals surface area contributed by atoms with Crippen LogP contribution in [0.25, 0.3) is 10.9 Å². The van der Waals surface area contributed by atoms with Crippen LogP contribution >= 0.6 is 0 Å². The number of anilines is 1. The Morgan fingerprint density at radius 2 is 1.94 bits per heavy atom. The van der Waals surface area contributed by atoms with Crippen molar-refractivity contribution in [3.05, 3.63) is 35.5 Å². The summed E-state index contributed by atoms with van der Waals surface area (Å²) >= 11 is 0. The van der Waals surface area contributed by atoms with E-state index in [9.17, 15) is 0 Å². The lowest BCUT2D eigenvalue weighted by atomic mass is 10.0. The van der Waals surface area contributed by atoms with Gasteiger partial charge in [-0.05, 0) is 18.9 Å². The highest BCUT2D eigenvalue weighted by atomic mass is 14.7. The summed E-state index contributed by atoms with van der Waals surface area (Å²) in [5, 5.41) is 1.14. The van der Waals surface area contributed by atoms with Crippen molar-refractivity contribution in [2.75, 3.05) is 5.73 Å². The van der Waals surface area contributed by atoms with Crippen LogP contribution in [0.5, 0.6) is 0 Å². The number of nitrogens with two attached hydrogens (primary N) is 1. The van der Waals surface area contributed by atoms with Gasteiger partial charge in [-0.2, -0.15) is 0 Å². The zero-order valence-corrected chi connectivity index (χ0v) is 10.0. The van der Waals surface area contributed by atoms with Crippen molar-refractivity contribution >= 4 is 16.6 Å². The van der Waals surface area contributed by atoms with Crippen LogP contribution in [0.1, 0.15) is 31.5 Å². The summed E-state index contributed by atoms with van der Waals surface area (Å²) in [5.74, 6) is 0. The fourth-order valence-corrected chi connectivity index (χ4v) is 2.26. The number of H-pyrrole nitrogens is 1. The van der Waals surface area contributed by atoms with Crippen LogP contribution < -0.4 is 10.7 Å². The average molecular weight is 215 g/mol. The molecule has 0 aliphatic rings. The number of nitrogen functional groups attached to an aromatic ring is 1. The normalized spacial score (nSPS) is 10.9. The van der Waals surface area contributed by atoms with Gasteiger partial charge in [-0.25, -0.2) is 4.98 Å². The second kappa shape index (κ2) is 4.52. The predicted octanol–water partition coefficient (Wildman–Crippen LogP) is 2.75. The van der Waals surface area contributed by atoms with Gasteiger partial charge in [-0.15, -0.1) is 0 Å². The quantitative estimate of drug-likeness (QED) is 0.840. The van der Waals surface area contributed by atoms with Crippen molar-refractivity contribution in [3.63, 3.8) is 0 Å². The molecule has 0 amide bonds. The van der Waals surface area contributed by atoms with E-state index in [1.807, 2.05) is 12.1 Å². The third-order valence-corrected chi connectivity index (χ3v) is 3.05. The van der Waals surface area contributed by atoms with Gasteiger partial charge < -0.3 is 5.73 Å². The lowest BCUT2D eigenvalue weighted by molar-refractivity contribution is -0.358. The number of fused-ring (bicyclic) bond motifs is 1. The van der Waals surface area contributed by atoms with E-state index in [2.05, 4.69) is 31.0 Å². The topological polar surface area (TPSA) is 40.2 Å². The number of aromatic nitrogens is 1. The Balaban J connectivity index is 2.71. The lowest BCUT2D eigenvalue weighted by Crippen LogP contribution is -2.17. The van der Waals surface area contributed by atoms with Gasteiger partial charge in [0.15, 0.2) is 5.69 Å². The van der Waals surface area contributed by atoms with Crippen LogP contribution in [-0.2, 0) is 12.8 Å². The van der Waals surface area contributed by atoms with Crippen LogP contribution in [0.15, 0.2) is 24.3 Å². The molecule has 0 saturated heterocycles. The number of para-hydroxylation sites is 1. The highest BCUT2D eigenvalue weighted by Gasteiger charge is 2.15. The number of rotatable bonds is 3. The molecule has 0 atom stereocenters. The molecule has 1 aromatic heterocycles. The highest BCUT2D eigenvalue weighted by molar-refractivity contribution is 5.89. The Kier molecular flexibility index (Phi) is 3.09. The molecule has 0 spiro atoms. The summed E-state index contributed by atoms with van der Waals surface area (Å²) < 4.78 is 0. The summed E-state index contributed by atoms with van der Waals surface area (Å²) in [4.78, 5) is 3.51. The molecule has 2 rings (SSSR count). The Morgan fingerprint density at radius 1 is 1.19 bits per heavy atom. The molecule has 2 aromatic rings. The largest absolute Gasteiger partial charge is 0.398 e. The standard InChI is InChI=1S/C14H18N2/c1-3-7-12-10(4-2)14(15)11-8-5-6-9-13(11)16-12/h5-6,8-9H,3-4,7H2,1-2H3,(H2,15,16)/p+1. The SMILES string of the molecule is CCCc1[nH+]c2ccccc2c(N)c1CC. The molecular formula is C14H19N2+. The minimum Gasteiger partial charge on any atom is -0.398 e. The first-order valence-electron chi connectivity index (χ1n) is 5.99. The van der Waals surface area contributed by atoms with Crippen molar-refractivity contribution in [2.24, 2.45) is 0 Å². The molecule has 2 heteroatoms. The number of pyridine rings is 1. The van der Waals surface area contributed by atoms with Gasteiger partial charge >= 0.3 is 0 Å². The van der Waals surface area contributed by atoms with E-state index in [1.54, 1.807) is 0 Å². The first kappa shape index (κ1) is 10.9. The number of hydrogen-bond acceptors (Lipinski definition) is 1. The van der Waals surface area contributed by atoms with E-state index in [0.717, 1.165) is 35.9 Å². The smallest absolute Gasteiger partial charge is 0.213 e. The van der Waals surface area contributed by atoms with Gasteiger partial charge in [0, 0.05) is 18.1 Å². The van der Waals surface area contributed by atoms with Crippen molar-refractivity contribution in [1.29, 1.82) is 0 Å². The van der Waals surface area contributed by atoms with Crippen molar-refractivity contribution < 1.29 is 4.98 Å². The summed E-state index contributed by atoms with van der Waals surface area (Å²) in [6, 6.07) is 8.24. The van der Waals surface area contributed by atoms with E-state index >= 15 is 0 Å². The molecule has 1 heterocycles. The van der Waals surface area contributed by atoms with Gasteiger partial charge in [0.25, 0.3) is 0 Å². The van der Waals surface area contributed by atoms with Gasteiger partial charge in [0.05, 0.1) is 11.1 Å². The Bertz CT molecular complexity index is 503. The summed E-state index contributed by atoms with van der Waals surface area (Å²) in [5.41, 5.74) is 10.9. The molecule has 16 heavy (non-hydrogen) atoms. The van der Waals surface area contributed by atoms with Crippen molar-refractivity contribution in [2.45, 2.75) is 33.1 Å². The molecule has 0 saturated carbocycles. The molecule has 0 unspecified atom stereocenters. The Hall–Kier alpha value is -1.57. The maximum Gasteiger partial charge on any atom is 0.213 e. The van der Waals surface area contributed by atoms with Crippen molar-refractivity contribution in [1.82, 2.24) is 0 Å². The number of benzene rings is 1. The van der Waals surface area contributed by atoms with E-state index in [-0.39, 0.29) is 0 Å². The average Bonchev–Trinajstić information content (AvgIpc) is 2.30. The van der Waals surface area contributed by atoms with Gasteiger partial charge in [0.2, 0.25) is 5.52 Å². The van der Waals surface area contributed by atoms with Gasteiger partial charge in [-0.1, -0.05) is 26.0 Å². The monoisotopic (exact) mass is 215 g/mol. The maximum absolute atomic E-state index is 6.24. The molecule has 0 bridgehead atoms. The van der Waals surface area contributed by atoms with Crippen LogP contribution in [0.2, 0.25) is 0 Å². The number of aromatic amines is 1. The van der Waals surface area contributed by atoms with Crippen molar-refractivity contribution in [3.8, 4) is 0 Å². The summed E-state index contributed by atoms with van der Waals surface area (Å²) in [6.07, 6.45) is 3.20. The Labute approximate surface area is 96.5 Å². The Morgan fingerprint density at radius 3 is 2.62 bits per heavy atom. The first-order valence-corrected chi connectivity index (χ1v) is 5.99. The minimum absolute atomic E-state index is 0.945.